The van der Waals surface area contributed by atoms with Gasteiger partial charge >= 0.3 is 6.03 Å². The van der Waals surface area contributed by atoms with Crippen LogP contribution in [0.25, 0.3) is 10.9 Å². The number of urea groups is 1. The third-order valence-corrected chi connectivity index (χ3v) is 12.7. The van der Waals surface area contributed by atoms with Crippen LogP contribution in [-0.2, 0) is 14.8 Å². The molecule has 61 heavy (non-hydrogen) atoms. The van der Waals surface area contributed by atoms with Gasteiger partial charge in [-0.05, 0) is 68.1 Å². The summed E-state index contributed by atoms with van der Waals surface area (Å²) in [5.41, 5.74) is 3.80. The van der Waals surface area contributed by atoms with E-state index in [1.807, 2.05) is 61.5 Å². The summed E-state index contributed by atoms with van der Waals surface area (Å²) in [6, 6.07) is 17.9. The lowest BCUT2D eigenvalue weighted by molar-refractivity contribution is -0.120. The monoisotopic (exact) mass is 849 g/mol. The summed E-state index contributed by atoms with van der Waals surface area (Å²) in [6.07, 6.45) is 3.47. The summed E-state index contributed by atoms with van der Waals surface area (Å²) >= 11 is 0. The van der Waals surface area contributed by atoms with Crippen molar-refractivity contribution in [3.63, 3.8) is 0 Å². The van der Waals surface area contributed by atoms with Crippen LogP contribution in [0.2, 0.25) is 0 Å². The number of hydrogen-bond donors (Lipinski definition) is 3. The van der Waals surface area contributed by atoms with Crippen LogP contribution in [0.3, 0.4) is 0 Å². The Hall–Kier alpha value is -5.93. The molecule has 3 aliphatic heterocycles. The molecule has 3 aliphatic rings. The van der Waals surface area contributed by atoms with E-state index in [4.69, 9.17) is 4.74 Å². The molecule has 0 spiro atoms. The molecule has 0 aliphatic carbocycles. The predicted octanol–water partition coefficient (Wildman–Crippen LogP) is 3.71. The first-order chi connectivity index (χ1) is 29.5. The minimum atomic E-state index is -3.63. The largest absolute Gasteiger partial charge is 0.493 e. The maximum absolute atomic E-state index is 12.5. The number of ether oxygens (including phenoxy) is 1. The standard InChI is InChI=1S/C44H55N11O5S/c1-33(53-25-21-51(22-26-53)18-6-5-8-34-9-11-35(12-10-34)55-20-17-42(56)49-44(55)57)54-27-23-52(24-28-54)19-7-29-60-36-13-15-38-39(30-36)46-32-47-43(38)48-40-31-37(61(58,59)45-2)14-16-41(40)50(3)4/h9-16,30-32,45H,1,6-7,17-29H2,2-4H3,(H,46,47,48)(H,49,56,57). The predicted molar refractivity (Wildman–Crippen MR) is 239 cm³/mol. The van der Waals surface area contributed by atoms with Gasteiger partial charge in [0.25, 0.3) is 0 Å². The van der Waals surface area contributed by atoms with Gasteiger partial charge < -0.3 is 24.8 Å². The van der Waals surface area contributed by atoms with Crippen LogP contribution in [-0.4, -0.2) is 150 Å². The second-order valence-electron chi connectivity index (χ2n) is 15.4. The molecular formula is C44H55N11O5S. The van der Waals surface area contributed by atoms with E-state index in [9.17, 15) is 18.0 Å². The molecule has 3 fully saturated rings. The van der Waals surface area contributed by atoms with Crippen molar-refractivity contribution < 1.29 is 22.7 Å². The Labute approximate surface area is 358 Å². The smallest absolute Gasteiger partial charge is 0.328 e. The molecule has 3 saturated heterocycles. The number of carbonyl (C=O) groups is 2. The Morgan fingerprint density at radius 2 is 1.59 bits per heavy atom. The summed E-state index contributed by atoms with van der Waals surface area (Å²) < 4.78 is 33.6. The lowest BCUT2D eigenvalue weighted by atomic mass is 10.1. The lowest BCUT2D eigenvalue weighted by Crippen LogP contribution is -2.52. The SMILES string of the molecule is C=C(N1CCN(CCC#Cc2ccc(N3CCC(=O)NC3=O)cc2)CC1)N1CCN(CCCOc2ccc3c(Nc4cc(S(=O)(=O)NC)ccc4N(C)C)ncnc3c2)CC1. The van der Waals surface area contributed by atoms with Crippen LogP contribution >= 0.6 is 0 Å². The number of rotatable bonds is 15. The third kappa shape index (κ3) is 10.9. The molecular weight excluding hydrogens is 795 g/mol. The van der Waals surface area contributed by atoms with Crippen molar-refractivity contribution in [1.29, 1.82) is 0 Å². The highest BCUT2D eigenvalue weighted by atomic mass is 32.2. The number of amides is 3. The van der Waals surface area contributed by atoms with E-state index in [2.05, 4.69) is 63.3 Å². The van der Waals surface area contributed by atoms with E-state index in [1.54, 1.807) is 23.1 Å². The third-order valence-electron chi connectivity index (χ3n) is 11.3. The van der Waals surface area contributed by atoms with Crippen molar-refractivity contribution in [3.05, 3.63) is 85.0 Å². The van der Waals surface area contributed by atoms with E-state index in [1.165, 1.54) is 13.4 Å². The topological polar surface area (TPSA) is 159 Å². The highest BCUT2D eigenvalue weighted by Crippen LogP contribution is 2.33. The number of piperazine rings is 2. The van der Waals surface area contributed by atoms with E-state index in [0.29, 0.717) is 31.1 Å². The first-order valence-corrected chi connectivity index (χ1v) is 22.2. The zero-order chi connectivity index (χ0) is 42.9. The summed E-state index contributed by atoms with van der Waals surface area (Å²) in [7, 11) is 1.56. The molecule has 0 atom stereocenters. The molecule has 0 saturated carbocycles. The minimum absolute atomic E-state index is 0.154. The molecule has 322 valence electrons. The first-order valence-electron chi connectivity index (χ1n) is 20.7. The number of benzene rings is 3. The Morgan fingerprint density at radius 3 is 2.26 bits per heavy atom. The molecule has 4 aromatic rings. The molecule has 3 aromatic carbocycles. The first kappa shape index (κ1) is 43.2. The highest BCUT2D eigenvalue weighted by Gasteiger charge is 2.25. The molecule has 7 rings (SSSR count). The van der Waals surface area contributed by atoms with Crippen LogP contribution < -0.4 is 29.9 Å². The fraction of sp³-hybridized carbons (Fsp3) is 0.409. The molecule has 0 unspecified atom stereocenters. The number of imide groups is 1. The van der Waals surface area contributed by atoms with Crippen LogP contribution in [0.5, 0.6) is 5.75 Å². The van der Waals surface area contributed by atoms with Crippen LogP contribution in [0, 0.1) is 11.8 Å². The molecule has 17 heteroatoms. The highest BCUT2D eigenvalue weighted by molar-refractivity contribution is 7.89. The zero-order valence-electron chi connectivity index (χ0n) is 35.2. The molecule has 4 heterocycles. The number of nitrogens with one attached hydrogen (secondary N) is 3. The van der Waals surface area contributed by atoms with Crippen molar-refractivity contribution >= 4 is 55.7 Å². The van der Waals surface area contributed by atoms with E-state index < -0.39 is 10.0 Å². The van der Waals surface area contributed by atoms with Gasteiger partial charge in [-0.15, -0.1) is 0 Å². The van der Waals surface area contributed by atoms with E-state index in [0.717, 1.165) is 118 Å². The second kappa shape index (κ2) is 19.6. The Kier molecular flexibility index (Phi) is 13.9. The van der Waals surface area contributed by atoms with Gasteiger partial charge in [-0.1, -0.05) is 18.4 Å². The summed E-state index contributed by atoms with van der Waals surface area (Å²) in [6.45, 7) is 15.1. The van der Waals surface area contributed by atoms with Gasteiger partial charge in [-0.3, -0.25) is 24.8 Å². The number of nitrogens with zero attached hydrogens (tertiary/aromatic N) is 8. The van der Waals surface area contributed by atoms with Gasteiger partial charge in [0, 0.05) is 122 Å². The number of hydrogen-bond acceptors (Lipinski definition) is 13. The molecule has 16 nitrogen and oxygen atoms in total. The normalized spacial score (nSPS) is 16.5. The van der Waals surface area contributed by atoms with Crippen LogP contribution in [0.15, 0.2) is 84.3 Å². The fourth-order valence-electron chi connectivity index (χ4n) is 7.70. The number of sulfonamides is 1. The number of anilines is 4. The van der Waals surface area contributed by atoms with Gasteiger partial charge in [0.05, 0.1) is 34.2 Å². The zero-order valence-corrected chi connectivity index (χ0v) is 36.0. The van der Waals surface area contributed by atoms with Crippen molar-refractivity contribution in [2.75, 3.05) is 115 Å². The Balaban J connectivity index is 0.798. The van der Waals surface area contributed by atoms with Crippen molar-refractivity contribution in [3.8, 4) is 17.6 Å². The van der Waals surface area contributed by atoms with Gasteiger partial charge in [0.1, 0.15) is 17.9 Å². The number of fused-ring (bicyclic) bond motifs is 1. The second-order valence-corrected chi connectivity index (χ2v) is 17.3. The Morgan fingerprint density at radius 1 is 0.885 bits per heavy atom. The van der Waals surface area contributed by atoms with Gasteiger partial charge in [-0.2, -0.15) is 0 Å². The summed E-state index contributed by atoms with van der Waals surface area (Å²) in [5.74, 6) is 8.71. The van der Waals surface area contributed by atoms with E-state index in [-0.39, 0.29) is 16.8 Å². The molecule has 1 aromatic heterocycles. The average molecular weight is 850 g/mol. The van der Waals surface area contributed by atoms with Gasteiger partial charge in [0.15, 0.2) is 0 Å². The maximum Gasteiger partial charge on any atom is 0.328 e. The summed E-state index contributed by atoms with van der Waals surface area (Å²) in [5, 5.41) is 6.48. The van der Waals surface area contributed by atoms with Gasteiger partial charge in [-0.25, -0.2) is 27.9 Å². The van der Waals surface area contributed by atoms with Crippen LogP contribution in [0.4, 0.5) is 27.7 Å². The fourth-order valence-corrected chi connectivity index (χ4v) is 8.45. The lowest BCUT2D eigenvalue weighted by Gasteiger charge is -2.43. The minimum Gasteiger partial charge on any atom is -0.493 e. The molecule has 0 radical (unpaired) electrons. The molecule has 3 N–H and O–H groups in total. The Bertz CT molecular complexity index is 2380. The molecule has 0 bridgehead atoms. The molecule has 3 amide bonds. The van der Waals surface area contributed by atoms with Crippen molar-refractivity contribution in [1.82, 2.24) is 39.6 Å². The van der Waals surface area contributed by atoms with E-state index >= 15 is 0 Å². The maximum atomic E-state index is 12.5. The number of aromatic nitrogens is 2. The van der Waals surface area contributed by atoms with Crippen molar-refractivity contribution in [2.45, 2.75) is 24.2 Å². The number of carbonyl (C=O) groups excluding carboxylic acids is 2. The van der Waals surface area contributed by atoms with Gasteiger partial charge in [0.2, 0.25) is 15.9 Å². The van der Waals surface area contributed by atoms with Crippen LogP contribution in [0.1, 0.15) is 24.8 Å². The quantitative estimate of drug-likeness (QED) is 0.118. The average Bonchev–Trinajstić information content (AvgIpc) is 3.27. The summed E-state index contributed by atoms with van der Waals surface area (Å²) in [4.78, 5) is 45.9. The van der Waals surface area contributed by atoms with Crippen molar-refractivity contribution in [2.24, 2.45) is 0 Å².